The van der Waals surface area contributed by atoms with Crippen LogP contribution in [-0.2, 0) is 0 Å². The minimum Gasteiger partial charge on any atom is -0.478 e. The van der Waals surface area contributed by atoms with E-state index in [1.165, 1.54) is 0 Å². The van der Waals surface area contributed by atoms with Crippen molar-refractivity contribution in [1.82, 2.24) is 4.37 Å². The molecule has 1 amide bonds. The maximum absolute atomic E-state index is 12.1. The number of benzene rings is 1. The summed E-state index contributed by atoms with van der Waals surface area (Å²) < 4.78 is 4.46. The molecule has 0 aliphatic heterocycles. The van der Waals surface area contributed by atoms with E-state index in [-0.39, 0.29) is 10.6 Å². The Balaban J connectivity index is 2.31. The Labute approximate surface area is 131 Å². The highest BCUT2D eigenvalue weighted by atomic mass is 79.9. The van der Waals surface area contributed by atoms with Gasteiger partial charge in [0.15, 0.2) is 0 Å². The standard InChI is InChI=1S/C12H8BrClN2O3S/c1-5-9(12(18)19)11(20-16-5)15-10(17)7-3-2-6(14)4-8(7)13/h2-4H,1H3,(H,15,17)(H,18,19). The number of nitrogens with zero attached hydrogens (tertiary/aromatic N) is 1. The van der Waals surface area contributed by atoms with Gasteiger partial charge in [0.1, 0.15) is 10.6 Å². The summed E-state index contributed by atoms with van der Waals surface area (Å²) in [7, 11) is 0. The number of aryl methyl sites for hydroxylation is 1. The topological polar surface area (TPSA) is 79.3 Å². The molecule has 2 aromatic rings. The average Bonchev–Trinajstić information content (AvgIpc) is 2.70. The lowest BCUT2D eigenvalue weighted by Crippen LogP contribution is -2.14. The number of carbonyl (C=O) groups excluding carboxylic acids is 1. The predicted octanol–water partition coefficient (Wildman–Crippen LogP) is 3.82. The maximum atomic E-state index is 12.1. The van der Waals surface area contributed by atoms with Gasteiger partial charge in [0.2, 0.25) is 0 Å². The minimum absolute atomic E-state index is 0.00781. The molecule has 0 saturated heterocycles. The number of anilines is 1. The predicted molar refractivity (Wildman–Crippen MR) is 80.9 cm³/mol. The quantitative estimate of drug-likeness (QED) is 0.855. The molecule has 1 aromatic heterocycles. The molecule has 104 valence electrons. The van der Waals surface area contributed by atoms with Crippen molar-refractivity contribution in [2.45, 2.75) is 6.92 Å². The summed E-state index contributed by atoms with van der Waals surface area (Å²) in [4.78, 5) is 23.3. The van der Waals surface area contributed by atoms with Crippen LogP contribution in [0.4, 0.5) is 5.00 Å². The molecular weight excluding hydrogens is 368 g/mol. The number of carboxylic acid groups (broad SMARTS) is 1. The van der Waals surface area contributed by atoms with E-state index in [1.807, 2.05) is 0 Å². The third-order valence-corrected chi connectivity index (χ3v) is 4.22. The highest BCUT2D eigenvalue weighted by Crippen LogP contribution is 2.27. The van der Waals surface area contributed by atoms with Gasteiger partial charge in [-0.1, -0.05) is 11.6 Å². The van der Waals surface area contributed by atoms with E-state index in [9.17, 15) is 9.59 Å². The van der Waals surface area contributed by atoms with Crippen molar-refractivity contribution in [3.8, 4) is 0 Å². The molecule has 1 aromatic carbocycles. The molecule has 0 fully saturated rings. The third-order valence-electron chi connectivity index (χ3n) is 2.48. The number of rotatable bonds is 3. The molecule has 0 unspecified atom stereocenters. The van der Waals surface area contributed by atoms with Gasteiger partial charge in [-0.15, -0.1) is 0 Å². The van der Waals surface area contributed by atoms with E-state index in [2.05, 4.69) is 25.6 Å². The summed E-state index contributed by atoms with van der Waals surface area (Å²) in [6.07, 6.45) is 0. The minimum atomic E-state index is -1.12. The second kappa shape index (κ2) is 5.90. The van der Waals surface area contributed by atoms with E-state index < -0.39 is 11.9 Å². The lowest BCUT2D eigenvalue weighted by Gasteiger charge is -2.06. The molecule has 0 aliphatic carbocycles. The van der Waals surface area contributed by atoms with E-state index >= 15 is 0 Å². The molecule has 0 radical (unpaired) electrons. The molecule has 5 nitrogen and oxygen atoms in total. The Morgan fingerprint density at radius 3 is 2.75 bits per heavy atom. The monoisotopic (exact) mass is 374 g/mol. The first-order valence-corrected chi connectivity index (χ1v) is 7.30. The number of nitrogens with one attached hydrogen (secondary N) is 1. The Hall–Kier alpha value is -1.44. The van der Waals surface area contributed by atoms with Crippen molar-refractivity contribution in [3.05, 3.63) is 44.5 Å². The zero-order valence-corrected chi connectivity index (χ0v) is 13.3. The highest BCUT2D eigenvalue weighted by molar-refractivity contribution is 9.10. The summed E-state index contributed by atoms with van der Waals surface area (Å²) in [6.45, 7) is 1.58. The molecular formula is C12H8BrClN2O3S. The molecule has 20 heavy (non-hydrogen) atoms. The summed E-state index contributed by atoms with van der Waals surface area (Å²) in [6, 6.07) is 4.72. The van der Waals surface area contributed by atoms with E-state index in [0.717, 1.165) is 11.5 Å². The maximum Gasteiger partial charge on any atom is 0.340 e. The fourth-order valence-electron chi connectivity index (χ4n) is 1.55. The van der Waals surface area contributed by atoms with Crippen LogP contribution in [0.25, 0.3) is 0 Å². The second-order valence-electron chi connectivity index (χ2n) is 3.86. The van der Waals surface area contributed by atoms with E-state index in [1.54, 1.807) is 25.1 Å². The molecule has 8 heteroatoms. The first-order chi connectivity index (χ1) is 9.40. The van der Waals surface area contributed by atoms with Gasteiger partial charge >= 0.3 is 5.97 Å². The number of hydrogen-bond acceptors (Lipinski definition) is 4. The van der Waals surface area contributed by atoms with Crippen LogP contribution in [0.3, 0.4) is 0 Å². The van der Waals surface area contributed by atoms with Crippen molar-refractivity contribution < 1.29 is 14.7 Å². The van der Waals surface area contributed by atoms with Gasteiger partial charge in [0, 0.05) is 9.50 Å². The van der Waals surface area contributed by atoms with Crippen molar-refractivity contribution in [2.24, 2.45) is 0 Å². The lowest BCUT2D eigenvalue weighted by atomic mass is 10.2. The normalized spacial score (nSPS) is 10.3. The number of hydrogen-bond donors (Lipinski definition) is 2. The fraction of sp³-hybridized carbons (Fsp3) is 0.0833. The lowest BCUT2D eigenvalue weighted by molar-refractivity contribution is 0.0697. The van der Waals surface area contributed by atoms with Crippen molar-refractivity contribution in [2.75, 3.05) is 5.32 Å². The average molecular weight is 376 g/mol. The second-order valence-corrected chi connectivity index (χ2v) is 5.92. The van der Waals surface area contributed by atoms with Crippen LogP contribution < -0.4 is 5.32 Å². The smallest absolute Gasteiger partial charge is 0.340 e. The van der Waals surface area contributed by atoms with Crippen LogP contribution in [0.2, 0.25) is 5.02 Å². The van der Waals surface area contributed by atoms with Crippen LogP contribution >= 0.6 is 39.1 Å². The molecule has 1 heterocycles. The van der Waals surface area contributed by atoms with E-state index in [4.69, 9.17) is 16.7 Å². The summed E-state index contributed by atoms with van der Waals surface area (Å²) >= 11 is 9.98. The first kappa shape index (κ1) is 15.0. The number of aromatic nitrogens is 1. The Kier molecular flexibility index (Phi) is 4.42. The molecule has 2 N–H and O–H groups in total. The summed E-state index contributed by atoms with van der Waals surface area (Å²) in [5, 5.41) is 12.4. The summed E-state index contributed by atoms with van der Waals surface area (Å²) in [5.74, 6) is -1.55. The Bertz CT molecular complexity index is 702. The van der Waals surface area contributed by atoms with Gasteiger partial charge in [-0.2, -0.15) is 4.37 Å². The zero-order valence-electron chi connectivity index (χ0n) is 10.1. The number of aromatic carboxylic acids is 1. The number of carbonyl (C=O) groups is 2. The van der Waals surface area contributed by atoms with Crippen LogP contribution in [0.1, 0.15) is 26.4 Å². The van der Waals surface area contributed by atoms with Crippen LogP contribution in [0, 0.1) is 6.92 Å². The van der Waals surface area contributed by atoms with Crippen LogP contribution in [0.5, 0.6) is 0 Å². The molecule has 0 spiro atoms. The van der Waals surface area contributed by atoms with Gasteiger partial charge < -0.3 is 10.4 Å². The number of carboxylic acids is 1. The van der Waals surface area contributed by atoms with Gasteiger partial charge in [0.05, 0.1) is 11.3 Å². The molecule has 0 atom stereocenters. The van der Waals surface area contributed by atoms with Crippen LogP contribution in [-0.4, -0.2) is 21.4 Å². The van der Waals surface area contributed by atoms with Gasteiger partial charge in [0.25, 0.3) is 5.91 Å². The largest absolute Gasteiger partial charge is 0.478 e. The first-order valence-electron chi connectivity index (χ1n) is 5.36. The fourth-order valence-corrected chi connectivity index (χ4v) is 3.20. The molecule has 0 aliphatic rings. The number of amides is 1. The van der Waals surface area contributed by atoms with Gasteiger partial charge in [-0.05, 0) is 52.6 Å². The van der Waals surface area contributed by atoms with E-state index in [0.29, 0.717) is 20.8 Å². The third kappa shape index (κ3) is 3.00. The molecule has 2 rings (SSSR count). The van der Waals surface area contributed by atoms with Gasteiger partial charge in [-0.3, -0.25) is 4.79 Å². The zero-order chi connectivity index (χ0) is 14.9. The van der Waals surface area contributed by atoms with Crippen LogP contribution in [0.15, 0.2) is 22.7 Å². The molecule has 0 bridgehead atoms. The molecule has 0 saturated carbocycles. The van der Waals surface area contributed by atoms with Crippen molar-refractivity contribution in [1.29, 1.82) is 0 Å². The summed E-state index contributed by atoms with van der Waals surface area (Å²) in [5.41, 5.74) is 0.734. The highest BCUT2D eigenvalue weighted by Gasteiger charge is 2.20. The van der Waals surface area contributed by atoms with Crippen molar-refractivity contribution in [3.63, 3.8) is 0 Å². The number of halogens is 2. The Morgan fingerprint density at radius 2 is 2.15 bits per heavy atom. The SMILES string of the molecule is Cc1nsc(NC(=O)c2ccc(Cl)cc2Br)c1C(=O)O. The Morgan fingerprint density at radius 1 is 1.45 bits per heavy atom. The van der Waals surface area contributed by atoms with Crippen molar-refractivity contribution >= 4 is 55.9 Å². The van der Waals surface area contributed by atoms with Gasteiger partial charge in [-0.25, -0.2) is 4.79 Å².